The number of likely N-dealkylation sites (tertiary alicyclic amines) is 1. The number of hydrogen-bond acceptors (Lipinski definition) is 6. The summed E-state index contributed by atoms with van der Waals surface area (Å²) in [7, 11) is 1.59. The average Bonchev–Trinajstić information content (AvgIpc) is 3.32. The number of fused-ring (bicyclic) bond motifs is 1. The van der Waals surface area contributed by atoms with Crippen LogP contribution in [-0.2, 0) is 43.9 Å². The van der Waals surface area contributed by atoms with Crippen LogP contribution in [0.1, 0.15) is 58.8 Å². The molecule has 1 N–H and O–H groups in total. The minimum absolute atomic E-state index is 0.00262. The minimum atomic E-state index is -1.18. The van der Waals surface area contributed by atoms with Gasteiger partial charge in [-0.05, 0) is 50.2 Å². The van der Waals surface area contributed by atoms with Gasteiger partial charge >= 0.3 is 0 Å². The number of carbonyl (C=O) groups excluding carboxylic acids is 3. The lowest BCUT2D eigenvalue weighted by atomic mass is 9.74. The van der Waals surface area contributed by atoms with E-state index in [0.717, 1.165) is 34.7 Å². The van der Waals surface area contributed by atoms with Crippen LogP contribution in [-0.4, -0.2) is 47.9 Å². The molecule has 33 heavy (non-hydrogen) atoms. The van der Waals surface area contributed by atoms with E-state index >= 15 is 0 Å². The van der Waals surface area contributed by atoms with Gasteiger partial charge in [-0.25, -0.2) is 4.98 Å². The van der Waals surface area contributed by atoms with Crippen LogP contribution in [0, 0.1) is 6.92 Å². The molecule has 1 saturated heterocycles. The molecule has 1 unspecified atom stereocenters. The normalized spacial score (nSPS) is 20.2. The van der Waals surface area contributed by atoms with Gasteiger partial charge in [0, 0.05) is 38.0 Å². The fourth-order valence-electron chi connectivity index (χ4n) is 4.94. The summed E-state index contributed by atoms with van der Waals surface area (Å²) in [5, 5.41) is 3.86. The van der Waals surface area contributed by atoms with Crippen LogP contribution in [0.2, 0.25) is 0 Å². The molecular formula is C25H31N3O4S. The maximum absolute atomic E-state index is 13.6. The largest absolute Gasteiger partial charge is 0.385 e. The molecule has 3 amide bonds. The highest BCUT2D eigenvalue weighted by atomic mass is 32.1. The summed E-state index contributed by atoms with van der Waals surface area (Å²) in [6.45, 7) is 3.03. The van der Waals surface area contributed by atoms with Crippen molar-refractivity contribution in [2.75, 3.05) is 20.3 Å². The predicted octanol–water partition coefficient (Wildman–Crippen LogP) is 3.07. The molecule has 1 aromatic heterocycles. The fraction of sp³-hybridized carbons (Fsp3) is 0.520. The van der Waals surface area contributed by atoms with E-state index in [1.807, 2.05) is 31.2 Å². The molecule has 0 saturated carbocycles. The molecule has 1 aliphatic heterocycles. The molecule has 8 heteroatoms. The van der Waals surface area contributed by atoms with Crippen molar-refractivity contribution in [1.29, 1.82) is 0 Å². The van der Waals surface area contributed by atoms with Gasteiger partial charge < -0.3 is 10.1 Å². The quantitative estimate of drug-likeness (QED) is 0.450. The van der Waals surface area contributed by atoms with Gasteiger partial charge in [-0.15, -0.1) is 11.3 Å². The Morgan fingerprint density at radius 1 is 1.24 bits per heavy atom. The van der Waals surface area contributed by atoms with Gasteiger partial charge in [-0.2, -0.15) is 0 Å². The standard InChI is InChI=1S/C25H31N3O4S/c1-17-8-3-4-9-18(17)25(15-23(30)28(24(25)31)12-7-13-32-2)14-21(29)26-16-22-27-19-10-5-6-11-20(19)33-22/h3-4,8-9H,5-7,10-16H2,1-2H3,(H,26,29). The van der Waals surface area contributed by atoms with Gasteiger partial charge in [0.25, 0.3) is 0 Å². The molecule has 0 spiro atoms. The molecule has 1 atom stereocenters. The van der Waals surface area contributed by atoms with Crippen molar-refractivity contribution < 1.29 is 19.1 Å². The molecule has 2 heterocycles. The first kappa shape index (κ1) is 23.6. The van der Waals surface area contributed by atoms with Gasteiger partial charge in [-0.3, -0.25) is 19.3 Å². The van der Waals surface area contributed by atoms with Crippen molar-refractivity contribution in [2.45, 2.75) is 63.8 Å². The zero-order chi connectivity index (χ0) is 23.4. The molecule has 4 rings (SSSR count). The summed E-state index contributed by atoms with van der Waals surface area (Å²) >= 11 is 1.66. The number of thiazole rings is 1. The molecule has 0 radical (unpaired) electrons. The van der Waals surface area contributed by atoms with Crippen LogP contribution < -0.4 is 5.32 Å². The third-order valence-corrected chi connectivity index (χ3v) is 7.75. The zero-order valence-electron chi connectivity index (χ0n) is 19.3. The summed E-state index contributed by atoms with van der Waals surface area (Å²) in [5.74, 6) is -0.774. The third-order valence-electron chi connectivity index (χ3n) is 6.59. The summed E-state index contributed by atoms with van der Waals surface area (Å²) in [6, 6.07) is 7.53. The molecule has 1 fully saturated rings. The second kappa shape index (κ2) is 10.1. The first-order valence-corrected chi connectivity index (χ1v) is 12.4. The Labute approximate surface area is 198 Å². The Balaban J connectivity index is 1.52. The molecular weight excluding hydrogens is 438 g/mol. The van der Waals surface area contributed by atoms with E-state index < -0.39 is 5.41 Å². The van der Waals surface area contributed by atoms with Crippen molar-refractivity contribution in [1.82, 2.24) is 15.2 Å². The van der Waals surface area contributed by atoms with E-state index in [4.69, 9.17) is 4.74 Å². The number of imide groups is 1. The molecule has 2 aromatic rings. The molecule has 2 aliphatic rings. The van der Waals surface area contributed by atoms with Crippen molar-refractivity contribution in [2.24, 2.45) is 0 Å². The van der Waals surface area contributed by atoms with Gasteiger partial charge in [0.2, 0.25) is 17.7 Å². The molecule has 7 nitrogen and oxygen atoms in total. The SMILES string of the molecule is COCCCN1C(=O)CC(CC(=O)NCc2nc3c(s2)CCCC3)(c2ccccc2C)C1=O. The monoisotopic (exact) mass is 469 g/mol. The Hall–Kier alpha value is -2.58. The van der Waals surface area contributed by atoms with Gasteiger partial charge in [0.15, 0.2) is 0 Å². The topological polar surface area (TPSA) is 88.6 Å². The average molecular weight is 470 g/mol. The van der Waals surface area contributed by atoms with Gasteiger partial charge in [-0.1, -0.05) is 24.3 Å². The number of methoxy groups -OCH3 is 1. The van der Waals surface area contributed by atoms with Crippen molar-refractivity contribution >= 4 is 29.1 Å². The number of nitrogens with one attached hydrogen (secondary N) is 1. The van der Waals surface area contributed by atoms with Crippen LogP contribution in [0.3, 0.4) is 0 Å². The molecule has 1 aromatic carbocycles. The van der Waals surface area contributed by atoms with Gasteiger partial charge in [0.05, 0.1) is 17.7 Å². The first-order chi connectivity index (χ1) is 15.9. The van der Waals surface area contributed by atoms with Crippen molar-refractivity contribution in [3.8, 4) is 0 Å². The summed E-state index contributed by atoms with van der Waals surface area (Å²) in [5.41, 5.74) is 1.63. The van der Waals surface area contributed by atoms with Crippen LogP contribution >= 0.6 is 11.3 Å². The number of hydrogen-bond donors (Lipinski definition) is 1. The maximum Gasteiger partial charge on any atom is 0.240 e. The number of rotatable bonds is 9. The lowest BCUT2D eigenvalue weighted by Crippen LogP contribution is -2.43. The predicted molar refractivity (Wildman–Crippen MR) is 126 cm³/mol. The Kier molecular flexibility index (Phi) is 7.24. The number of benzene rings is 1. The molecule has 176 valence electrons. The van der Waals surface area contributed by atoms with Gasteiger partial charge in [0.1, 0.15) is 5.01 Å². The zero-order valence-corrected chi connectivity index (χ0v) is 20.1. The second-order valence-electron chi connectivity index (χ2n) is 8.91. The highest BCUT2D eigenvalue weighted by Gasteiger charge is 2.53. The highest BCUT2D eigenvalue weighted by Crippen LogP contribution is 2.41. The fourth-order valence-corrected chi connectivity index (χ4v) is 6.04. The highest BCUT2D eigenvalue weighted by molar-refractivity contribution is 7.11. The van der Waals surface area contributed by atoms with Crippen molar-refractivity contribution in [3.05, 3.63) is 51.0 Å². The number of ether oxygens (including phenoxy) is 1. The number of nitrogens with zero attached hydrogens (tertiary/aromatic N) is 2. The van der Waals surface area contributed by atoms with E-state index in [0.29, 0.717) is 26.1 Å². The Morgan fingerprint density at radius 2 is 2.03 bits per heavy atom. The maximum atomic E-state index is 13.6. The third kappa shape index (κ3) is 4.87. The number of amides is 3. The van der Waals surface area contributed by atoms with Crippen LogP contribution in [0.25, 0.3) is 0 Å². The van der Waals surface area contributed by atoms with Crippen LogP contribution in [0.15, 0.2) is 24.3 Å². The first-order valence-electron chi connectivity index (χ1n) is 11.6. The van der Waals surface area contributed by atoms with Crippen molar-refractivity contribution in [3.63, 3.8) is 0 Å². The van der Waals surface area contributed by atoms with E-state index in [9.17, 15) is 14.4 Å². The second-order valence-corrected chi connectivity index (χ2v) is 10.1. The smallest absolute Gasteiger partial charge is 0.240 e. The minimum Gasteiger partial charge on any atom is -0.385 e. The number of carbonyl (C=O) groups is 3. The van der Waals surface area contributed by atoms with Crippen LogP contribution in [0.4, 0.5) is 0 Å². The van der Waals surface area contributed by atoms with E-state index in [1.165, 1.54) is 22.6 Å². The summed E-state index contributed by atoms with van der Waals surface area (Å²) < 4.78 is 5.08. The Morgan fingerprint density at radius 3 is 2.79 bits per heavy atom. The number of aromatic nitrogens is 1. The van der Waals surface area contributed by atoms with Crippen LogP contribution in [0.5, 0.6) is 0 Å². The summed E-state index contributed by atoms with van der Waals surface area (Å²) in [4.78, 5) is 46.9. The molecule has 0 bridgehead atoms. The lowest BCUT2D eigenvalue weighted by molar-refractivity contribution is -0.141. The molecule has 1 aliphatic carbocycles. The van der Waals surface area contributed by atoms with E-state index in [-0.39, 0.29) is 30.6 Å². The number of aryl methyl sites for hydroxylation is 3. The van der Waals surface area contributed by atoms with E-state index in [1.54, 1.807) is 18.4 Å². The van der Waals surface area contributed by atoms with E-state index in [2.05, 4.69) is 10.3 Å². The Bertz CT molecular complexity index is 1030. The summed E-state index contributed by atoms with van der Waals surface area (Å²) in [6.07, 6.45) is 4.93. The lowest BCUT2D eigenvalue weighted by Gasteiger charge is -2.28.